The van der Waals surface area contributed by atoms with Gasteiger partial charge in [-0.25, -0.2) is 9.97 Å². The Morgan fingerprint density at radius 3 is 2.61 bits per heavy atom. The molecule has 0 spiro atoms. The fraction of sp³-hybridized carbons (Fsp3) is 0.478. The Kier molecular flexibility index (Phi) is 6.00. The monoisotopic (exact) mass is 544 g/mol. The number of aryl methyl sites for hydroxylation is 1. The number of piperidine rings is 1. The first-order valence-corrected chi connectivity index (χ1v) is 14.5. The van der Waals surface area contributed by atoms with E-state index in [4.69, 9.17) is 26.8 Å². The summed E-state index contributed by atoms with van der Waals surface area (Å²) < 4.78 is 29.6. The third-order valence-electron chi connectivity index (χ3n) is 7.13. The van der Waals surface area contributed by atoms with Crippen LogP contribution in [0.15, 0.2) is 24.4 Å². The molecule has 2 N–H and O–H groups in total. The van der Waals surface area contributed by atoms with E-state index in [2.05, 4.69) is 21.7 Å². The van der Waals surface area contributed by atoms with E-state index in [0.29, 0.717) is 48.2 Å². The summed E-state index contributed by atoms with van der Waals surface area (Å²) in [5.74, 6) is 0.911. The predicted octanol–water partition coefficient (Wildman–Crippen LogP) is 3.90. The molecule has 2 bridgehead atoms. The maximum Gasteiger partial charge on any atom is 0.282 e. The molecule has 0 amide bonds. The molecule has 13 heteroatoms. The number of nitrogens with zero attached hydrogens (tertiary/aromatic N) is 6. The SMILES string of the molecule is Cc1cnc(Nc2nc(N[C@@H]3C[C@H]4CC[C@@H](C3)N4S(=O)(=O)N3CC(C#N)C3)nc3cc(Cl)ccc23)s1. The minimum atomic E-state index is -3.55. The molecule has 10 nitrogen and oxygen atoms in total. The van der Waals surface area contributed by atoms with Gasteiger partial charge >= 0.3 is 0 Å². The summed E-state index contributed by atoms with van der Waals surface area (Å²) in [5, 5.41) is 18.0. The van der Waals surface area contributed by atoms with E-state index in [1.165, 1.54) is 4.31 Å². The van der Waals surface area contributed by atoms with Crippen molar-refractivity contribution >= 4 is 60.9 Å². The van der Waals surface area contributed by atoms with E-state index in [1.807, 2.05) is 31.3 Å². The highest BCUT2D eigenvalue weighted by Gasteiger charge is 2.51. The molecule has 5 heterocycles. The lowest BCUT2D eigenvalue weighted by atomic mass is 10.00. The molecule has 3 atom stereocenters. The third-order valence-corrected chi connectivity index (χ3v) is 10.3. The zero-order valence-corrected chi connectivity index (χ0v) is 21.9. The third kappa shape index (κ3) is 4.29. The lowest BCUT2D eigenvalue weighted by Gasteiger charge is -2.43. The average molecular weight is 545 g/mol. The van der Waals surface area contributed by atoms with Gasteiger partial charge in [-0.2, -0.15) is 27.3 Å². The molecule has 2 aromatic heterocycles. The Hall–Kier alpha value is -2.56. The van der Waals surface area contributed by atoms with Crippen LogP contribution in [0.25, 0.3) is 10.9 Å². The topological polar surface area (TPSA) is 127 Å². The smallest absolute Gasteiger partial charge is 0.282 e. The second kappa shape index (κ2) is 9.08. The summed E-state index contributed by atoms with van der Waals surface area (Å²) in [7, 11) is -3.55. The molecule has 3 aliphatic rings. The molecule has 0 saturated carbocycles. The molecule has 6 rings (SSSR count). The van der Waals surface area contributed by atoms with E-state index < -0.39 is 10.2 Å². The Bertz CT molecular complexity index is 1450. The number of rotatable bonds is 6. The molecule has 3 saturated heterocycles. The summed E-state index contributed by atoms with van der Waals surface area (Å²) in [5.41, 5.74) is 0.712. The molecule has 3 fully saturated rings. The summed E-state index contributed by atoms with van der Waals surface area (Å²) in [6.45, 7) is 2.58. The van der Waals surface area contributed by atoms with Gasteiger partial charge in [0.2, 0.25) is 5.95 Å². The van der Waals surface area contributed by atoms with Crippen LogP contribution in [0.2, 0.25) is 5.02 Å². The van der Waals surface area contributed by atoms with E-state index in [-0.39, 0.29) is 24.0 Å². The quantitative estimate of drug-likeness (QED) is 0.478. The predicted molar refractivity (Wildman–Crippen MR) is 140 cm³/mol. The zero-order chi connectivity index (χ0) is 25.0. The van der Waals surface area contributed by atoms with Gasteiger partial charge in [-0.1, -0.05) is 11.6 Å². The largest absolute Gasteiger partial charge is 0.351 e. The number of aromatic nitrogens is 3. The van der Waals surface area contributed by atoms with Crippen molar-refractivity contribution in [3.8, 4) is 6.07 Å². The van der Waals surface area contributed by atoms with Crippen molar-refractivity contribution in [3.05, 3.63) is 34.3 Å². The van der Waals surface area contributed by atoms with Gasteiger partial charge in [0.1, 0.15) is 5.82 Å². The minimum absolute atomic E-state index is 0.0452. The number of hydrogen-bond acceptors (Lipinski definition) is 9. The maximum absolute atomic E-state index is 13.2. The van der Waals surface area contributed by atoms with Crippen molar-refractivity contribution in [1.82, 2.24) is 23.6 Å². The van der Waals surface area contributed by atoms with E-state index in [9.17, 15) is 8.42 Å². The molecular formula is C23H25ClN8O2S2. The van der Waals surface area contributed by atoms with Crippen LogP contribution in [0, 0.1) is 24.2 Å². The lowest BCUT2D eigenvalue weighted by Crippen LogP contribution is -2.59. The van der Waals surface area contributed by atoms with Crippen LogP contribution >= 0.6 is 22.9 Å². The van der Waals surface area contributed by atoms with Crippen molar-refractivity contribution in [1.29, 1.82) is 5.26 Å². The average Bonchev–Trinajstić information content (AvgIpc) is 3.33. The number of benzene rings is 1. The molecule has 3 aromatic rings. The second-order valence-corrected chi connectivity index (χ2v) is 13.1. The molecule has 0 aliphatic carbocycles. The minimum Gasteiger partial charge on any atom is -0.351 e. The number of nitrogens with one attached hydrogen (secondary N) is 2. The van der Waals surface area contributed by atoms with Crippen molar-refractivity contribution in [2.45, 2.75) is 50.7 Å². The van der Waals surface area contributed by atoms with Crippen molar-refractivity contribution in [2.75, 3.05) is 23.7 Å². The molecule has 0 unspecified atom stereocenters. The summed E-state index contributed by atoms with van der Waals surface area (Å²) in [6, 6.07) is 7.56. The molecule has 1 aromatic carbocycles. The highest BCUT2D eigenvalue weighted by Crippen LogP contribution is 2.41. The van der Waals surface area contributed by atoms with Gasteiger partial charge in [-0.3, -0.25) is 0 Å². The number of halogens is 1. The number of thiazole rings is 1. The number of nitriles is 1. The number of fused-ring (bicyclic) bond motifs is 3. The molecular weight excluding hydrogens is 520 g/mol. The molecule has 3 aliphatic heterocycles. The van der Waals surface area contributed by atoms with E-state index >= 15 is 0 Å². The van der Waals surface area contributed by atoms with Crippen LogP contribution in [-0.2, 0) is 10.2 Å². The van der Waals surface area contributed by atoms with Gasteiger partial charge in [-0.05, 0) is 50.8 Å². The standard InChI is InChI=1S/C23H25ClN8O2S2/c1-13-10-26-23(35-13)30-21-19-5-2-15(24)6-20(19)28-22(29-21)27-16-7-17-3-4-18(8-16)32(17)36(33,34)31-11-14(9-25)12-31/h2,5-6,10,14,16-18H,3-4,7-8,11-12H2,1H3,(H2,26,27,28,29,30)/t16-,17-,18+. The van der Waals surface area contributed by atoms with Gasteiger partial charge < -0.3 is 10.6 Å². The molecule has 0 radical (unpaired) electrons. The van der Waals surface area contributed by atoms with Gasteiger partial charge in [0.25, 0.3) is 10.2 Å². The Morgan fingerprint density at radius 1 is 1.19 bits per heavy atom. The highest BCUT2D eigenvalue weighted by molar-refractivity contribution is 7.86. The van der Waals surface area contributed by atoms with Gasteiger partial charge in [-0.15, -0.1) is 11.3 Å². The van der Waals surface area contributed by atoms with Crippen LogP contribution in [0.4, 0.5) is 16.9 Å². The summed E-state index contributed by atoms with van der Waals surface area (Å²) >= 11 is 7.79. The van der Waals surface area contributed by atoms with E-state index in [1.54, 1.807) is 15.6 Å². The van der Waals surface area contributed by atoms with Crippen molar-refractivity contribution in [3.63, 3.8) is 0 Å². The number of anilines is 3. The first-order chi connectivity index (χ1) is 17.3. The second-order valence-electron chi connectivity index (χ2n) is 9.64. The normalized spacial score (nSPS) is 25.0. The van der Waals surface area contributed by atoms with E-state index in [0.717, 1.165) is 28.2 Å². The van der Waals surface area contributed by atoms with Crippen molar-refractivity contribution in [2.24, 2.45) is 5.92 Å². The summed E-state index contributed by atoms with van der Waals surface area (Å²) in [6.07, 6.45) is 4.84. The van der Waals surface area contributed by atoms with Gasteiger partial charge in [0.05, 0.1) is 17.5 Å². The lowest BCUT2D eigenvalue weighted by molar-refractivity contribution is 0.182. The Balaban J connectivity index is 1.23. The van der Waals surface area contributed by atoms with Crippen molar-refractivity contribution < 1.29 is 8.42 Å². The first-order valence-electron chi connectivity index (χ1n) is 11.9. The van der Waals surface area contributed by atoms with Gasteiger partial charge in [0, 0.05) is 52.7 Å². The maximum atomic E-state index is 13.2. The highest BCUT2D eigenvalue weighted by atomic mass is 35.5. The molecule has 188 valence electrons. The van der Waals surface area contributed by atoms with Crippen LogP contribution < -0.4 is 10.6 Å². The Morgan fingerprint density at radius 2 is 1.94 bits per heavy atom. The first kappa shape index (κ1) is 23.8. The summed E-state index contributed by atoms with van der Waals surface area (Å²) in [4.78, 5) is 15.0. The fourth-order valence-corrected chi connectivity index (χ4v) is 8.40. The van der Waals surface area contributed by atoms with Gasteiger partial charge in [0.15, 0.2) is 5.13 Å². The fourth-order valence-electron chi connectivity index (χ4n) is 5.43. The number of hydrogen-bond donors (Lipinski definition) is 2. The Labute approximate surface area is 218 Å². The van der Waals surface area contributed by atoms with Crippen LogP contribution in [-0.4, -0.2) is 63.2 Å². The molecule has 36 heavy (non-hydrogen) atoms. The van der Waals surface area contributed by atoms with Crippen LogP contribution in [0.3, 0.4) is 0 Å². The van der Waals surface area contributed by atoms with Crippen LogP contribution in [0.5, 0.6) is 0 Å². The zero-order valence-electron chi connectivity index (χ0n) is 19.6. The van der Waals surface area contributed by atoms with Crippen LogP contribution in [0.1, 0.15) is 30.6 Å².